The van der Waals surface area contributed by atoms with Crippen LogP contribution in [-0.2, 0) is 29.9 Å². The Kier molecular flexibility index (Phi) is 6.10. The molecule has 32 heavy (non-hydrogen) atoms. The normalized spacial score (nSPS) is 13.1. The van der Waals surface area contributed by atoms with E-state index in [-0.39, 0.29) is 18.0 Å². The van der Waals surface area contributed by atoms with Gasteiger partial charge in [0.1, 0.15) is 11.4 Å². The van der Waals surface area contributed by atoms with Gasteiger partial charge in [0.05, 0.1) is 5.39 Å². The van der Waals surface area contributed by atoms with Crippen molar-refractivity contribution in [3.8, 4) is 0 Å². The minimum Gasteiger partial charge on any atom is -0.325 e. The van der Waals surface area contributed by atoms with E-state index >= 15 is 0 Å². The van der Waals surface area contributed by atoms with Crippen molar-refractivity contribution in [2.45, 2.75) is 43.1 Å². The Hall–Kier alpha value is -2.90. The molecule has 0 spiro atoms. The second kappa shape index (κ2) is 9.30. The summed E-state index contributed by atoms with van der Waals surface area (Å²) in [6.07, 6.45) is 4.18. The smallest absolute Gasteiger partial charge is 0.263 e. The Labute approximate surface area is 194 Å². The van der Waals surface area contributed by atoms with Crippen LogP contribution in [-0.4, -0.2) is 15.5 Å². The molecule has 1 N–H and O–H groups in total. The average Bonchev–Trinajstić information content (AvgIpc) is 3.19. The Morgan fingerprint density at radius 1 is 1.03 bits per heavy atom. The summed E-state index contributed by atoms with van der Waals surface area (Å²) in [4.78, 5) is 33.4. The molecule has 0 saturated heterocycles. The van der Waals surface area contributed by atoms with E-state index in [4.69, 9.17) is 4.98 Å². The zero-order chi connectivity index (χ0) is 21.9. The summed E-state index contributed by atoms with van der Waals surface area (Å²) in [5.41, 5.74) is 2.90. The highest BCUT2D eigenvalue weighted by atomic mass is 32.2. The molecule has 5 nitrogen and oxygen atoms in total. The number of nitrogens with zero attached hydrogens (tertiary/aromatic N) is 2. The number of hydrogen-bond acceptors (Lipinski definition) is 5. The Morgan fingerprint density at radius 2 is 1.75 bits per heavy atom. The molecule has 7 heteroatoms. The van der Waals surface area contributed by atoms with Gasteiger partial charge in [-0.15, -0.1) is 11.3 Å². The zero-order valence-electron chi connectivity index (χ0n) is 17.5. The van der Waals surface area contributed by atoms with E-state index in [1.54, 1.807) is 15.9 Å². The Morgan fingerprint density at radius 3 is 2.53 bits per heavy atom. The first kappa shape index (κ1) is 21.0. The first-order valence-corrected chi connectivity index (χ1v) is 12.6. The van der Waals surface area contributed by atoms with Crippen LogP contribution in [0.3, 0.4) is 0 Å². The fraction of sp³-hybridized carbons (Fsp3) is 0.240. The van der Waals surface area contributed by atoms with E-state index < -0.39 is 0 Å². The second-order valence-corrected chi connectivity index (χ2v) is 9.89. The van der Waals surface area contributed by atoms with Gasteiger partial charge < -0.3 is 5.32 Å². The lowest BCUT2D eigenvalue weighted by Crippen LogP contribution is -2.30. The van der Waals surface area contributed by atoms with Crippen LogP contribution in [0.5, 0.6) is 0 Å². The molecule has 0 bridgehead atoms. The van der Waals surface area contributed by atoms with Crippen molar-refractivity contribution in [2.75, 3.05) is 5.32 Å². The van der Waals surface area contributed by atoms with Gasteiger partial charge in [-0.05, 0) is 48.9 Å². The number of thiophene rings is 1. The van der Waals surface area contributed by atoms with E-state index in [1.165, 1.54) is 16.6 Å². The summed E-state index contributed by atoms with van der Waals surface area (Å²) in [5.74, 6) is 0.453. The van der Waals surface area contributed by atoms with Crippen molar-refractivity contribution in [2.24, 2.45) is 0 Å². The number of fused-ring (bicyclic) bond motifs is 3. The Balaban J connectivity index is 1.52. The minimum atomic E-state index is -0.231. The monoisotopic (exact) mass is 461 g/mol. The summed E-state index contributed by atoms with van der Waals surface area (Å²) in [6.45, 7) is -0.0571. The number of hydrogen-bond donors (Lipinski definition) is 1. The highest BCUT2D eigenvalue weighted by Gasteiger charge is 2.23. The van der Waals surface area contributed by atoms with Crippen LogP contribution in [0.15, 0.2) is 70.6 Å². The molecule has 2 heterocycles. The maximum atomic E-state index is 13.6. The van der Waals surface area contributed by atoms with Crippen LogP contribution < -0.4 is 10.9 Å². The van der Waals surface area contributed by atoms with Crippen molar-refractivity contribution in [1.29, 1.82) is 0 Å². The number of anilines is 1. The second-order valence-electron chi connectivity index (χ2n) is 7.87. The van der Waals surface area contributed by atoms with Gasteiger partial charge in [0.25, 0.3) is 5.56 Å². The van der Waals surface area contributed by atoms with Gasteiger partial charge in [0.2, 0.25) is 5.91 Å². The van der Waals surface area contributed by atoms with Crippen LogP contribution in [0.1, 0.15) is 28.8 Å². The van der Waals surface area contributed by atoms with E-state index in [2.05, 4.69) is 17.4 Å². The summed E-state index contributed by atoms with van der Waals surface area (Å²) >= 11 is 3.14. The molecule has 0 unspecified atom stereocenters. The van der Waals surface area contributed by atoms with Crippen LogP contribution in [0.2, 0.25) is 0 Å². The molecule has 162 valence electrons. The highest BCUT2D eigenvalue weighted by molar-refractivity contribution is 7.98. The number of para-hydroxylation sites is 1. The molecule has 0 atom stereocenters. The van der Waals surface area contributed by atoms with Crippen molar-refractivity contribution in [3.63, 3.8) is 0 Å². The molecule has 1 aliphatic rings. The predicted molar refractivity (Wildman–Crippen MR) is 132 cm³/mol. The fourth-order valence-electron chi connectivity index (χ4n) is 4.06. The molecule has 2 aromatic heterocycles. The van der Waals surface area contributed by atoms with Crippen molar-refractivity contribution < 1.29 is 4.79 Å². The zero-order valence-corrected chi connectivity index (χ0v) is 19.2. The van der Waals surface area contributed by atoms with Crippen LogP contribution in [0.4, 0.5) is 5.69 Å². The molecular weight excluding hydrogens is 438 g/mol. The lowest BCUT2D eigenvalue weighted by atomic mass is 9.97. The number of nitrogens with one attached hydrogen (secondary N) is 1. The number of amides is 1. The fourth-order valence-corrected chi connectivity index (χ4v) is 6.31. The molecule has 1 aliphatic carbocycles. The largest absolute Gasteiger partial charge is 0.325 e. The molecule has 0 radical (unpaired) electrons. The van der Waals surface area contributed by atoms with E-state index in [1.807, 2.05) is 48.5 Å². The number of aryl methyl sites for hydroxylation is 2. The van der Waals surface area contributed by atoms with Gasteiger partial charge in [-0.3, -0.25) is 14.2 Å². The first-order chi connectivity index (χ1) is 15.7. The third-order valence-corrected chi connectivity index (χ3v) is 7.84. The lowest BCUT2D eigenvalue weighted by Gasteiger charge is -2.14. The first-order valence-electron chi connectivity index (χ1n) is 10.8. The third-order valence-electron chi connectivity index (χ3n) is 5.61. The van der Waals surface area contributed by atoms with E-state index in [9.17, 15) is 9.59 Å². The maximum Gasteiger partial charge on any atom is 0.263 e. The average molecular weight is 462 g/mol. The van der Waals surface area contributed by atoms with Crippen molar-refractivity contribution >= 4 is 44.9 Å². The van der Waals surface area contributed by atoms with Gasteiger partial charge in [-0.25, -0.2) is 4.98 Å². The lowest BCUT2D eigenvalue weighted by molar-refractivity contribution is -0.116. The van der Waals surface area contributed by atoms with Gasteiger partial charge in [-0.1, -0.05) is 60.3 Å². The molecule has 0 aliphatic heterocycles. The number of carbonyl (C=O) groups excluding carboxylic acids is 1. The molecule has 2 aromatic carbocycles. The molecule has 0 fully saturated rings. The molecule has 1 amide bonds. The number of carbonyl (C=O) groups is 1. The van der Waals surface area contributed by atoms with Crippen molar-refractivity contribution in [3.05, 3.63) is 87.0 Å². The predicted octanol–water partition coefficient (Wildman–Crippen LogP) is 5.27. The number of rotatable bonds is 6. The van der Waals surface area contributed by atoms with E-state index in [0.717, 1.165) is 41.6 Å². The summed E-state index contributed by atoms with van der Waals surface area (Å²) < 4.78 is 1.55. The van der Waals surface area contributed by atoms with Crippen molar-refractivity contribution in [1.82, 2.24) is 9.55 Å². The quantitative estimate of drug-likeness (QED) is 0.314. The summed E-state index contributed by atoms with van der Waals surface area (Å²) in [6, 6.07) is 19.4. The number of benzene rings is 2. The number of aromatic nitrogens is 2. The number of thioether (sulfide) groups is 1. The highest BCUT2D eigenvalue weighted by Crippen LogP contribution is 2.35. The van der Waals surface area contributed by atoms with Gasteiger partial charge >= 0.3 is 0 Å². The van der Waals surface area contributed by atoms with Gasteiger partial charge in [-0.2, -0.15) is 0 Å². The molecule has 4 aromatic rings. The molecule has 5 rings (SSSR count). The minimum absolute atomic E-state index is 0.0571. The third kappa shape index (κ3) is 4.36. The molecular formula is C25H23N3O2S2. The van der Waals surface area contributed by atoms with Crippen LogP contribution >= 0.6 is 23.1 Å². The summed E-state index contributed by atoms with van der Waals surface area (Å²) in [7, 11) is 0. The summed E-state index contributed by atoms with van der Waals surface area (Å²) in [5, 5.41) is 4.19. The van der Waals surface area contributed by atoms with E-state index in [0.29, 0.717) is 22.0 Å². The van der Waals surface area contributed by atoms with Crippen LogP contribution in [0, 0.1) is 0 Å². The Bertz CT molecular complexity index is 1310. The maximum absolute atomic E-state index is 13.6. The van der Waals surface area contributed by atoms with Crippen LogP contribution in [0.25, 0.3) is 10.2 Å². The SMILES string of the molecule is O=C(Cn1c(SCc2ccccc2)nc2sc3c(c2c1=O)CCCC3)Nc1ccccc1. The van der Waals surface area contributed by atoms with Gasteiger partial charge in [0.15, 0.2) is 5.16 Å². The standard InChI is InChI=1S/C25H23N3O2S2/c29-21(26-18-11-5-2-6-12-18)15-28-24(30)22-19-13-7-8-14-20(19)32-23(22)27-25(28)31-16-17-9-3-1-4-10-17/h1-6,9-12H,7-8,13-16H2,(H,26,29). The molecule has 0 saturated carbocycles. The topological polar surface area (TPSA) is 64.0 Å². The van der Waals surface area contributed by atoms with Gasteiger partial charge in [0, 0.05) is 16.3 Å².